The van der Waals surface area contributed by atoms with Crippen LogP contribution in [0.3, 0.4) is 0 Å². The van der Waals surface area contributed by atoms with Crippen molar-refractivity contribution in [2.45, 2.75) is 45.1 Å². The number of nitrogens with one attached hydrogen (secondary N) is 1. The van der Waals surface area contributed by atoms with Crippen molar-refractivity contribution in [3.63, 3.8) is 0 Å². The summed E-state index contributed by atoms with van der Waals surface area (Å²) in [6.45, 7) is 9.12. The standard InChI is InChI=1S/C15H26N4/c1-11-15(13-4-7-16-8-5-13)12(2)19(17-11)14-6-9-18(3)10-14/h13-14,16H,4-10H2,1-3H3. The van der Waals surface area contributed by atoms with Crippen molar-refractivity contribution in [1.29, 1.82) is 0 Å². The van der Waals surface area contributed by atoms with Crippen molar-refractivity contribution in [2.24, 2.45) is 0 Å². The summed E-state index contributed by atoms with van der Waals surface area (Å²) in [4.78, 5) is 2.41. The first-order chi connectivity index (χ1) is 9.16. The highest BCUT2D eigenvalue weighted by molar-refractivity contribution is 5.30. The van der Waals surface area contributed by atoms with Crippen LogP contribution in [0.1, 0.15) is 48.2 Å². The molecule has 0 saturated carbocycles. The van der Waals surface area contributed by atoms with Gasteiger partial charge >= 0.3 is 0 Å². The fourth-order valence-corrected chi connectivity index (χ4v) is 3.84. The van der Waals surface area contributed by atoms with Gasteiger partial charge in [-0.3, -0.25) is 4.68 Å². The molecule has 4 heteroatoms. The lowest BCUT2D eigenvalue weighted by atomic mass is 9.89. The largest absolute Gasteiger partial charge is 0.317 e. The van der Waals surface area contributed by atoms with Gasteiger partial charge in [-0.1, -0.05) is 0 Å². The first kappa shape index (κ1) is 13.1. The van der Waals surface area contributed by atoms with Crippen molar-refractivity contribution in [2.75, 3.05) is 33.2 Å². The molecule has 1 aromatic rings. The average molecular weight is 262 g/mol. The Morgan fingerprint density at radius 3 is 2.53 bits per heavy atom. The number of hydrogen-bond acceptors (Lipinski definition) is 3. The zero-order valence-electron chi connectivity index (χ0n) is 12.4. The Morgan fingerprint density at radius 2 is 1.89 bits per heavy atom. The van der Waals surface area contributed by atoms with Gasteiger partial charge in [0.25, 0.3) is 0 Å². The fourth-order valence-electron chi connectivity index (χ4n) is 3.84. The number of aromatic nitrogens is 2. The number of rotatable bonds is 2. The van der Waals surface area contributed by atoms with Gasteiger partial charge in [-0.2, -0.15) is 5.10 Å². The molecule has 0 aromatic carbocycles. The Hall–Kier alpha value is -0.870. The molecule has 3 heterocycles. The number of nitrogens with zero attached hydrogens (tertiary/aromatic N) is 3. The summed E-state index contributed by atoms with van der Waals surface area (Å²) in [5, 5.41) is 8.33. The van der Waals surface area contributed by atoms with Gasteiger partial charge in [-0.25, -0.2) is 0 Å². The van der Waals surface area contributed by atoms with Crippen molar-refractivity contribution in [3.05, 3.63) is 17.0 Å². The van der Waals surface area contributed by atoms with Crippen LogP contribution >= 0.6 is 0 Å². The molecule has 0 amide bonds. The van der Waals surface area contributed by atoms with E-state index in [4.69, 9.17) is 5.10 Å². The number of aryl methyl sites for hydroxylation is 1. The van der Waals surface area contributed by atoms with Crippen LogP contribution in [0.5, 0.6) is 0 Å². The molecule has 2 saturated heterocycles. The van der Waals surface area contributed by atoms with Crippen molar-refractivity contribution in [3.8, 4) is 0 Å². The Kier molecular flexibility index (Phi) is 3.63. The van der Waals surface area contributed by atoms with E-state index >= 15 is 0 Å². The van der Waals surface area contributed by atoms with Crippen LogP contribution in [0.2, 0.25) is 0 Å². The molecule has 2 aliphatic rings. The average Bonchev–Trinajstić information content (AvgIpc) is 2.95. The molecular formula is C15H26N4. The minimum atomic E-state index is 0.583. The molecule has 3 rings (SSSR count). The van der Waals surface area contributed by atoms with Crippen LogP contribution in [-0.4, -0.2) is 47.9 Å². The lowest BCUT2D eigenvalue weighted by Crippen LogP contribution is -2.27. The first-order valence-corrected chi connectivity index (χ1v) is 7.61. The molecule has 0 spiro atoms. The van der Waals surface area contributed by atoms with Crippen LogP contribution in [0.15, 0.2) is 0 Å². The van der Waals surface area contributed by atoms with Crippen molar-refractivity contribution in [1.82, 2.24) is 20.0 Å². The summed E-state index contributed by atoms with van der Waals surface area (Å²) in [6.07, 6.45) is 3.76. The Morgan fingerprint density at radius 1 is 1.16 bits per heavy atom. The van der Waals surface area contributed by atoms with E-state index in [1.807, 2.05) is 0 Å². The fraction of sp³-hybridized carbons (Fsp3) is 0.800. The maximum atomic E-state index is 4.87. The second kappa shape index (κ2) is 5.25. The van der Waals surface area contributed by atoms with Gasteiger partial charge in [0.05, 0.1) is 11.7 Å². The molecule has 2 aliphatic heterocycles. The lowest BCUT2D eigenvalue weighted by molar-refractivity contribution is 0.378. The summed E-state index contributed by atoms with van der Waals surface area (Å²) in [5.41, 5.74) is 4.22. The minimum absolute atomic E-state index is 0.583. The van der Waals surface area contributed by atoms with Crippen LogP contribution in [0, 0.1) is 13.8 Å². The topological polar surface area (TPSA) is 33.1 Å². The predicted molar refractivity (Wildman–Crippen MR) is 77.7 cm³/mol. The molecule has 1 atom stereocenters. The van der Waals surface area contributed by atoms with Crippen LogP contribution in [-0.2, 0) is 0 Å². The molecule has 1 N–H and O–H groups in total. The van der Waals surface area contributed by atoms with Gasteiger partial charge in [-0.15, -0.1) is 0 Å². The highest BCUT2D eigenvalue weighted by Gasteiger charge is 2.28. The smallest absolute Gasteiger partial charge is 0.0661 e. The van der Waals surface area contributed by atoms with E-state index in [-0.39, 0.29) is 0 Å². The van der Waals surface area contributed by atoms with Gasteiger partial charge in [0.2, 0.25) is 0 Å². The number of piperidine rings is 1. The molecular weight excluding hydrogens is 236 g/mol. The number of likely N-dealkylation sites (N-methyl/N-ethyl adjacent to an activating group) is 1. The van der Waals surface area contributed by atoms with Crippen LogP contribution < -0.4 is 5.32 Å². The molecule has 1 unspecified atom stereocenters. The quantitative estimate of drug-likeness (QED) is 0.883. The normalized spacial score (nSPS) is 26.2. The first-order valence-electron chi connectivity index (χ1n) is 7.61. The molecule has 106 valence electrons. The van der Waals surface area contributed by atoms with Gasteiger partial charge in [0.15, 0.2) is 0 Å². The van der Waals surface area contributed by atoms with Gasteiger partial charge in [-0.05, 0) is 71.3 Å². The van der Waals surface area contributed by atoms with Gasteiger partial charge < -0.3 is 10.2 Å². The van der Waals surface area contributed by atoms with Gasteiger partial charge in [0.1, 0.15) is 0 Å². The Balaban J connectivity index is 1.87. The van der Waals surface area contributed by atoms with Crippen LogP contribution in [0.4, 0.5) is 0 Å². The van der Waals surface area contributed by atoms with E-state index in [0.29, 0.717) is 12.0 Å². The van der Waals surface area contributed by atoms with Crippen molar-refractivity contribution >= 4 is 0 Å². The van der Waals surface area contributed by atoms with E-state index < -0.39 is 0 Å². The minimum Gasteiger partial charge on any atom is -0.317 e. The zero-order valence-corrected chi connectivity index (χ0v) is 12.4. The summed E-state index contributed by atoms with van der Waals surface area (Å²) in [7, 11) is 2.21. The third-order valence-corrected chi connectivity index (χ3v) is 4.84. The molecule has 0 bridgehead atoms. The summed E-state index contributed by atoms with van der Waals surface area (Å²) < 4.78 is 2.32. The predicted octanol–water partition coefficient (Wildman–Crippen LogP) is 1.84. The molecule has 0 aliphatic carbocycles. The van der Waals surface area contributed by atoms with E-state index in [2.05, 4.69) is 35.8 Å². The number of likely N-dealkylation sites (tertiary alicyclic amines) is 1. The van der Waals surface area contributed by atoms with E-state index in [0.717, 1.165) is 19.6 Å². The Labute approximate surface area is 116 Å². The molecule has 4 nitrogen and oxygen atoms in total. The highest BCUT2D eigenvalue weighted by atomic mass is 15.3. The molecule has 1 aromatic heterocycles. The van der Waals surface area contributed by atoms with Crippen LogP contribution in [0.25, 0.3) is 0 Å². The zero-order chi connectivity index (χ0) is 13.4. The number of hydrogen-bond donors (Lipinski definition) is 1. The third-order valence-electron chi connectivity index (χ3n) is 4.84. The van der Waals surface area contributed by atoms with E-state index in [9.17, 15) is 0 Å². The van der Waals surface area contributed by atoms with E-state index in [1.165, 1.54) is 42.8 Å². The van der Waals surface area contributed by atoms with E-state index in [1.54, 1.807) is 0 Å². The molecule has 0 radical (unpaired) electrons. The van der Waals surface area contributed by atoms with Gasteiger partial charge in [0, 0.05) is 12.2 Å². The molecule has 19 heavy (non-hydrogen) atoms. The maximum absolute atomic E-state index is 4.87. The summed E-state index contributed by atoms with van der Waals surface area (Å²) in [5.74, 6) is 0.717. The SMILES string of the molecule is Cc1nn(C2CCN(C)C2)c(C)c1C1CCNCC1. The highest BCUT2D eigenvalue weighted by Crippen LogP contribution is 2.33. The lowest BCUT2D eigenvalue weighted by Gasteiger charge is -2.23. The second-order valence-corrected chi connectivity index (χ2v) is 6.26. The second-order valence-electron chi connectivity index (χ2n) is 6.26. The summed E-state index contributed by atoms with van der Waals surface area (Å²) in [6, 6.07) is 0.583. The third kappa shape index (κ3) is 2.43. The summed E-state index contributed by atoms with van der Waals surface area (Å²) >= 11 is 0. The van der Waals surface area contributed by atoms with Crippen molar-refractivity contribution < 1.29 is 0 Å². The monoisotopic (exact) mass is 262 g/mol. The maximum Gasteiger partial charge on any atom is 0.0661 e. The Bertz CT molecular complexity index is 445. The molecule has 2 fully saturated rings.